The third-order valence-corrected chi connectivity index (χ3v) is 2.43. The molecule has 2 N–H and O–H groups in total. The molecule has 0 atom stereocenters. The normalized spacial score (nSPS) is 16.6. The van der Waals surface area contributed by atoms with Gasteiger partial charge in [0.25, 0.3) is 0 Å². The minimum atomic E-state index is -0.144. The second-order valence-electron chi connectivity index (χ2n) is 3.66. The van der Waals surface area contributed by atoms with Gasteiger partial charge < -0.3 is 5.73 Å². The van der Waals surface area contributed by atoms with E-state index in [2.05, 4.69) is 9.97 Å². The van der Waals surface area contributed by atoms with Crippen LogP contribution in [0.4, 0.5) is 5.82 Å². The fourth-order valence-corrected chi connectivity index (χ4v) is 1.58. The van der Waals surface area contributed by atoms with E-state index >= 15 is 0 Å². The summed E-state index contributed by atoms with van der Waals surface area (Å²) in [6, 6.07) is 0. The maximum atomic E-state index is 11.5. The molecule has 6 nitrogen and oxygen atoms in total. The van der Waals surface area contributed by atoms with Gasteiger partial charge >= 0.3 is 0 Å². The van der Waals surface area contributed by atoms with Crippen LogP contribution in [0.1, 0.15) is 25.0 Å². The molecular formula is C10H12N4O2. The number of nitrogens with two attached hydrogens (primary N) is 1. The van der Waals surface area contributed by atoms with E-state index in [-0.39, 0.29) is 18.4 Å². The van der Waals surface area contributed by atoms with E-state index in [1.807, 2.05) is 0 Å². The predicted molar refractivity (Wildman–Crippen MR) is 55.9 cm³/mol. The largest absolute Gasteiger partial charge is 0.382 e. The van der Waals surface area contributed by atoms with E-state index < -0.39 is 0 Å². The molecule has 1 aromatic rings. The summed E-state index contributed by atoms with van der Waals surface area (Å²) in [7, 11) is 0. The summed E-state index contributed by atoms with van der Waals surface area (Å²) in [5.74, 6) is 0.0322. The monoisotopic (exact) mass is 220 g/mol. The molecule has 1 saturated heterocycles. The molecule has 6 heteroatoms. The van der Waals surface area contributed by atoms with Gasteiger partial charge in [-0.3, -0.25) is 19.5 Å². The summed E-state index contributed by atoms with van der Waals surface area (Å²) in [4.78, 5) is 32.1. The topological polar surface area (TPSA) is 89.2 Å². The number of imide groups is 1. The lowest BCUT2D eigenvalue weighted by molar-refractivity contribution is -0.148. The van der Waals surface area contributed by atoms with Crippen LogP contribution in [0.2, 0.25) is 0 Å². The maximum Gasteiger partial charge on any atom is 0.229 e. The van der Waals surface area contributed by atoms with Gasteiger partial charge in [0.15, 0.2) is 0 Å². The Morgan fingerprint density at radius 1 is 1.19 bits per heavy atom. The number of nitrogen functional groups attached to an aromatic ring is 1. The number of piperidine rings is 1. The molecule has 1 aromatic heterocycles. The number of nitrogens with zero attached hydrogens (tertiary/aromatic N) is 3. The standard InChI is InChI=1S/C10H12N4O2/c11-8-5-12-7(4-13-8)6-14-9(15)2-1-3-10(14)16/h4-5H,1-3,6H2,(H2,11,13). The number of carbonyl (C=O) groups is 2. The Morgan fingerprint density at radius 2 is 1.88 bits per heavy atom. The van der Waals surface area contributed by atoms with Crippen LogP contribution in [0.15, 0.2) is 12.4 Å². The number of aromatic nitrogens is 2. The molecule has 0 radical (unpaired) electrons. The van der Waals surface area contributed by atoms with Crippen molar-refractivity contribution in [2.75, 3.05) is 5.73 Å². The highest BCUT2D eigenvalue weighted by Gasteiger charge is 2.26. The number of carbonyl (C=O) groups excluding carboxylic acids is 2. The van der Waals surface area contributed by atoms with Gasteiger partial charge in [-0.1, -0.05) is 0 Å². The van der Waals surface area contributed by atoms with E-state index in [0.29, 0.717) is 30.8 Å². The molecule has 0 aromatic carbocycles. The SMILES string of the molecule is Nc1cnc(CN2C(=O)CCCC2=O)cn1. The van der Waals surface area contributed by atoms with Gasteiger partial charge in [0, 0.05) is 12.8 Å². The van der Waals surface area contributed by atoms with Crippen molar-refractivity contribution in [2.45, 2.75) is 25.8 Å². The molecule has 0 saturated carbocycles. The molecule has 0 unspecified atom stereocenters. The molecule has 0 spiro atoms. The molecule has 0 aliphatic carbocycles. The van der Waals surface area contributed by atoms with E-state index in [0.717, 1.165) is 0 Å². The lowest BCUT2D eigenvalue weighted by Crippen LogP contribution is -2.39. The first-order valence-electron chi connectivity index (χ1n) is 5.06. The van der Waals surface area contributed by atoms with Crippen molar-refractivity contribution >= 4 is 17.6 Å². The van der Waals surface area contributed by atoms with Crippen LogP contribution < -0.4 is 5.73 Å². The van der Waals surface area contributed by atoms with Crippen molar-refractivity contribution in [3.05, 3.63) is 18.1 Å². The number of hydrogen-bond acceptors (Lipinski definition) is 5. The highest BCUT2D eigenvalue weighted by Crippen LogP contribution is 2.14. The van der Waals surface area contributed by atoms with Crippen LogP contribution in [-0.4, -0.2) is 26.7 Å². The molecule has 16 heavy (non-hydrogen) atoms. The first kappa shape index (κ1) is 10.5. The minimum absolute atomic E-state index is 0.144. The smallest absolute Gasteiger partial charge is 0.229 e. The molecule has 84 valence electrons. The Kier molecular flexibility index (Phi) is 2.80. The average molecular weight is 220 g/mol. The molecule has 2 rings (SSSR count). The van der Waals surface area contributed by atoms with Gasteiger partial charge in [0.2, 0.25) is 11.8 Å². The molecule has 2 amide bonds. The van der Waals surface area contributed by atoms with Crippen LogP contribution in [0, 0.1) is 0 Å². The summed E-state index contributed by atoms with van der Waals surface area (Å²) in [5, 5.41) is 0. The number of hydrogen-bond donors (Lipinski definition) is 1. The number of rotatable bonds is 2. The average Bonchev–Trinajstić information content (AvgIpc) is 2.26. The van der Waals surface area contributed by atoms with Gasteiger partial charge in [-0.25, -0.2) is 4.98 Å². The van der Waals surface area contributed by atoms with Gasteiger partial charge in [-0.15, -0.1) is 0 Å². The predicted octanol–water partition coefficient (Wildman–Crippen LogP) is 0.0979. The zero-order valence-corrected chi connectivity index (χ0v) is 8.72. The number of likely N-dealkylation sites (tertiary alicyclic amines) is 1. The van der Waals surface area contributed by atoms with Crippen molar-refractivity contribution in [1.29, 1.82) is 0 Å². The van der Waals surface area contributed by atoms with Crippen LogP contribution in [-0.2, 0) is 16.1 Å². The van der Waals surface area contributed by atoms with Gasteiger partial charge in [-0.05, 0) is 6.42 Å². The number of anilines is 1. The Morgan fingerprint density at radius 3 is 2.44 bits per heavy atom. The molecular weight excluding hydrogens is 208 g/mol. The van der Waals surface area contributed by atoms with Crippen LogP contribution in [0.5, 0.6) is 0 Å². The third kappa shape index (κ3) is 2.16. The molecule has 2 heterocycles. The fraction of sp³-hybridized carbons (Fsp3) is 0.400. The highest BCUT2D eigenvalue weighted by atomic mass is 16.2. The third-order valence-electron chi connectivity index (χ3n) is 2.43. The summed E-state index contributed by atoms with van der Waals surface area (Å²) in [6.07, 6.45) is 4.38. The summed E-state index contributed by atoms with van der Waals surface area (Å²) < 4.78 is 0. The molecule has 1 aliphatic heterocycles. The van der Waals surface area contributed by atoms with Crippen molar-refractivity contribution in [3.63, 3.8) is 0 Å². The quantitative estimate of drug-likeness (QED) is 0.714. The minimum Gasteiger partial charge on any atom is -0.382 e. The first-order valence-corrected chi connectivity index (χ1v) is 5.06. The van der Waals surface area contributed by atoms with Crippen molar-refractivity contribution < 1.29 is 9.59 Å². The van der Waals surface area contributed by atoms with Crippen molar-refractivity contribution in [3.8, 4) is 0 Å². The van der Waals surface area contributed by atoms with E-state index in [1.54, 1.807) is 0 Å². The lowest BCUT2D eigenvalue weighted by Gasteiger charge is -2.24. The van der Waals surface area contributed by atoms with Gasteiger partial charge in [0.1, 0.15) is 5.82 Å². The first-order chi connectivity index (χ1) is 7.66. The Labute approximate surface area is 92.5 Å². The molecule has 1 aliphatic rings. The van der Waals surface area contributed by atoms with Crippen LogP contribution in [0.25, 0.3) is 0 Å². The molecule has 1 fully saturated rings. The van der Waals surface area contributed by atoms with Gasteiger partial charge in [-0.2, -0.15) is 0 Å². The zero-order chi connectivity index (χ0) is 11.5. The van der Waals surface area contributed by atoms with Crippen LogP contribution >= 0.6 is 0 Å². The Bertz CT molecular complexity index is 399. The lowest BCUT2D eigenvalue weighted by atomic mass is 10.1. The van der Waals surface area contributed by atoms with Crippen molar-refractivity contribution in [2.24, 2.45) is 0 Å². The van der Waals surface area contributed by atoms with Crippen LogP contribution in [0.3, 0.4) is 0 Å². The summed E-state index contributed by atoms with van der Waals surface area (Å²) in [5.41, 5.74) is 5.96. The van der Waals surface area contributed by atoms with E-state index in [1.165, 1.54) is 17.3 Å². The molecule has 0 bridgehead atoms. The second-order valence-corrected chi connectivity index (χ2v) is 3.66. The summed E-state index contributed by atoms with van der Waals surface area (Å²) in [6.45, 7) is 0.185. The van der Waals surface area contributed by atoms with E-state index in [4.69, 9.17) is 5.73 Å². The second kappa shape index (κ2) is 4.26. The Balaban J connectivity index is 2.10. The van der Waals surface area contributed by atoms with E-state index in [9.17, 15) is 9.59 Å². The maximum absolute atomic E-state index is 11.5. The van der Waals surface area contributed by atoms with Gasteiger partial charge in [0.05, 0.1) is 24.6 Å². The number of amides is 2. The Hall–Kier alpha value is -1.98. The highest BCUT2D eigenvalue weighted by molar-refractivity contribution is 5.97. The summed E-state index contributed by atoms with van der Waals surface area (Å²) >= 11 is 0. The van der Waals surface area contributed by atoms with Crippen molar-refractivity contribution in [1.82, 2.24) is 14.9 Å². The fourth-order valence-electron chi connectivity index (χ4n) is 1.58. The zero-order valence-electron chi connectivity index (χ0n) is 8.72.